The third-order valence-corrected chi connectivity index (χ3v) is 5.14. The second-order valence-corrected chi connectivity index (χ2v) is 7.05. The van der Waals surface area contributed by atoms with Crippen molar-refractivity contribution in [2.24, 2.45) is 4.99 Å². The van der Waals surface area contributed by atoms with Gasteiger partial charge < -0.3 is 19.1 Å². The van der Waals surface area contributed by atoms with E-state index >= 15 is 0 Å². The van der Waals surface area contributed by atoms with Crippen molar-refractivity contribution in [1.29, 1.82) is 0 Å². The molecule has 164 valence electrons. The molecule has 2 aliphatic heterocycles. The lowest BCUT2D eigenvalue weighted by Crippen LogP contribution is -2.23. The largest absolute Gasteiger partial charge is 0.493 e. The standard InChI is InChI=1S/C22H19N3O7/c1-30-18-11-14(17(25(28)29)12-19(18)31-2)10-16-22(27)32-21(23-16)13-5-7-15(8-6-13)24-9-3-4-20(24)26/h5-8,10-12H,3-4,9H2,1-2H3. The third-order valence-electron chi connectivity index (χ3n) is 5.14. The number of cyclic esters (lactones) is 1. The Balaban J connectivity index is 1.66. The van der Waals surface area contributed by atoms with Crippen LogP contribution in [0.1, 0.15) is 24.0 Å². The Hall–Kier alpha value is -4.21. The number of esters is 1. The van der Waals surface area contributed by atoms with E-state index in [1.807, 2.05) is 0 Å². The second-order valence-electron chi connectivity index (χ2n) is 7.05. The number of hydrogen-bond acceptors (Lipinski definition) is 8. The normalized spacial score (nSPS) is 16.9. The summed E-state index contributed by atoms with van der Waals surface area (Å²) in [6.07, 6.45) is 2.62. The molecule has 2 aliphatic rings. The van der Waals surface area contributed by atoms with Crippen LogP contribution in [0.15, 0.2) is 47.1 Å². The molecule has 32 heavy (non-hydrogen) atoms. The molecule has 0 atom stereocenters. The number of nitrogens with zero attached hydrogens (tertiary/aromatic N) is 3. The van der Waals surface area contributed by atoms with Crippen LogP contribution in [0.3, 0.4) is 0 Å². The molecule has 1 saturated heterocycles. The van der Waals surface area contributed by atoms with Gasteiger partial charge in [-0.15, -0.1) is 0 Å². The van der Waals surface area contributed by atoms with E-state index in [-0.39, 0.29) is 40.3 Å². The third kappa shape index (κ3) is 3.89. The maximum atomic E-state index is 12.4. The Kier molecular flexibility index (Phi) is 5.59. The lowest BCUT2D eigenvalue weighted by atomic mass is 10.1. The van der Waals surface area contributed by atoms with E-state index in [9.17, 15) is 19.7 Å². The van der Waals surface area contributed by atoms with Gasteiger partial charge in [-0.2, -0.15) is 0 Å². The number of nitro benzene ring substituents is 1. The molecule has 4 rings (SSSR count). The molecule has 1 fully saturated rings. The summed E-state index contributed by atoms with van der Waals surface area (Å²) in [6, 6.07) is 9.54. The number of benzene rings is 2. The predicted molar refractivity (Wildman–Crippen MR) is 115 cm³/mol. The van der Waals surface area contributed by atoms with Crippen molar-refractivity contribution in [1.82, 2.24) is 0 Å². The van der Waals surface area contributed by atoms with Crippen molar-refractivity contribution < 1.29 is 28.7 Å². The Morgan fingerprint density at radius 1 is 1.12 bits per heavy atom. The van der Waals surface area contributed by atoms with Crippen LogP contribution in [0.25, 0.3) is 6.08 Å². The SMILES string of the molecule is COc1cc(C=C2N=C(c3ccc(N4CCCC4=O)cc3)OC2=O)c([N+](=O)[O-])cc1OC. The first-order valence-electron chi connectivity index (χ1n) is 9.75. The first kappa shape index (κ1) is 21.0. The number of aliphatic imine (C=N–C) groups is 1. The van der Waals surface area contributed by atoms with E-state index in [0.29, 0.717) is 18.5 Å². The Morgan fingerprint density at radius 3 is 2.41 bits per heavy atom. The van der Waals surface area contributed by atoms with Crippen LogP contribution >= 0.6 is 0 Å². The number of carbonyl (C=O) groups is 2. The van der Waals surface area contributed by atoms with Crippen molar-refractivity contribution in [3.63, 3.8) is 0 Å². The number of anilines is 1. The van der Waals surface area contributed by atoms with Gasteiger partial charge in [0.25, 0.3) is 5.69 Å². The topological polar surface area (TPSA) is 121 Å². The minimum atomic E-state index is -0.733. The fraction of sp³-hybridized carbons (Fsp3) is 0.227. The quantitative estimate of drug-likeness (QED) is 0.295. The highest BCUT2D eigenvalue weighted by atomic mass is 16.6. The number of rotatable bonds is 6. The van der Waals surface area contributed by atoms with Gasteiger partial charge in [0.15, 0.2) is 17.2 Å². The van der Waals surface area contributed by atoms with Crippen molar-refractivity contribution in [2.75, 3.05) is 25.7 Å². The molecule has 0 bridgehead atoms. The van der Waals surface area contributed by atoms with E-state index in [2.05, 4.69) is 4.99 Å². The summed E-state index contributed by atoms with van der Waals surface area (Å²) in [5, 5.41) is 11.5. The van der Waals surface area contributed by atoms with Crippen molar-refractivity contribution in [2.45, 2.75) is 12.8 Å². The highest BCUT2D eigenvalue weighted by Gasteiger charge is 2.27. The zero-order valence-electron chi connectivity index (χ0n) is 17.4. The second kappa shape index (κ2) is 8.50. The molecule has 2 aromatic carbocycles. The van der Waals surface area contributed by atoms with Gasteiger partial charge in [-0.1, -0.05) is 0 Å². The fourth-order valence-electron chi connectivity index (χ4n) is 3.54. The average Bonchev–Trinajstić information content (AvgIpc) is 3.38. The molecule has 0 saturated carbocycles. The van der Waals surface area contributed by atoms with E-state index < -0.39 is 10.9 Å². The Morgan fingerprint density at radius 2 is 1.81 bits per heavy atom. The maximum absolute atomic E-state index is 12.4. The number of methoxy groups -OCH3 is 2. The molecular weight excluding hydrogens is 418 g/mol. The van der Waals surface area contributed by atoms with Crippen molar-refractivity contribution in [3.05, 3.63) is 63.3 Å². The van der Waals surface area contributed by atoms with Crippen molar-refractivity contribution >= 4 is 35.2 Å². The summed E-state index contributed by atoms with van der Waals surface area (Å²) in [7, 11) is 2.77. The van der Waals surface area contributed by atoms with Crippen LogP contribution in [-0.2, 0) is 14.3 Å². The van der Waals surface area contributed by atoms with Gasteiger partial charge in [-0.3, -0.25) is 14.9 Å². The number of hydrogen-bond donors (Lipinski definition) is 0. The van der Waals surface area contributed by atoms with Crippen LogP contribution in [0.5, 0.6) is 11.5 Å². The van der Waals surface area contributed by atoms with Gasteiger partial charge in [0, 0.05) is 24.2 Å². The molecule has 0 N–H and O–H groups in total. The number of carbonyl (C=O) groups excluding carboxylic acids is 2. The first-order chi connectivity index (χ1) is 15.4. The Bertz CT molecular complexity index is 1170. The van der Waals surface area contributed by atoms with Gasteiger partial charge in [0.1, 0.15) is 0 Å². The summed E-state index contributed by atoms with van der Waals surface area (Å²) in [4.78, 5) is 41.1. The molecule has 0 aromatic heterocycles. The van der Waals surface area contributed by atoms with Gasteiger partial charge in [-0.25, -0.2) is 9.79 Å². The minimum absolute atomic E-state index is 0.0729. The molecule has 0 spiro atoms. The van der Waals surface area contributed by atoms with Crippen molar-refractivity contribution in [3.8, 4) is 11.5 Å². The number of nitro groups is 1. The van der Waals surface area contributed by atoms with E-state index in [0.717, 1.165) is 12.1 Å². The highest BCUT2D eigenvalue weighted by Crippen LogP contribution is 2.36. The predicted octanol–water partition coefficient (Wildman–Crippen LogP) is 3.08. The highest BCUT2D eigenvalue weighted by molar-refractivity contribution is 6.13. The lowest BCUT2D eigenvalue weighted by Gasteiger charge is -2.15. The number of ether oxygens (including phenoxy) is 3. The smallest absolute Gasteiger partial charge is 0.363 e. The molecule has 1 amide bonds. The molecule has 2 aromatic rings. The molecule has 0 aliphatic carbocycles. The monoisotopic (exact) mass is 437 g/mol. The summed E-state index contributed by atoms with van der Waals surface area (Å²) in [6.45, 7) is 0.672. The van der Waals surface area contributed by atoms with E-state index in [4.69, 9.17) is 14.2 Å². The molecule has 10 heteroatoms. The van der Waals surface area contributed by atoms with E-state index in [1.54, 1.807) is 29.2 Å². The zero-order valence-corrected chi connectivity index (χ0v) is 17.4. The summed E-state index contributed by atoms with van der Waals surface area (Å²) >= 11 is 0. The molecule has 0 radical (unpaired) electrons. The van der Waals surface area contributed by atoms with Crippen LogP contribution < -0.4 is 14.4 Å². The summed E-state index contributed by atoms with van der Waals surface area (Å²) in [5.41, 5.74) is 1.06. The van der Waals surface area contributed by atoms with Crippen LogP contribution in [0, 0.1) is 10.1 Å². The minimum Gasteiger partial charge on any atom is -0.493 e. The number of amides is 1. The molecular formula is C22H19N3O7. The van der Waals surface area contributed by atoms with E-state index in [1.165, 1.54) is 32.4 Å². The Labute approximate surface area is 182 Å². The maximum Gasteiger partial charge on any atom is 0.363 e. The van der Waals surface area contributed by atoms with Crippen LogP contribution in [-0.4, -0.2) is 43.5 Å². The summed E-state index contributed by atoms with van der Waals surface area (Å²) < 4.78 is 15.6. The van der Waals surface area contributed by atoms with Crippen LogP contribution in [0.4, 0.5) is 11.4 Å². The average molecular weight is 437 g/mol. The van der Waals surface area contributed by atoms with Crippen LogP contribution in [0.2, 0.25) is 0 Å². The molecule has 0 unspecified atom stereocenters. The summed E-state index contributed by atoms with van der Waals surface area (Å²) in [5.74, 6) is -0.126. The van der Waals surface area contributed by atoms with Gasteiger partial charge >= 0.3 is 5.97 Å². The van der Waals surface area contributed by atoms with Gasteiger partial charge in [0.05, 0.1) is 30.8 Å². The zero-order chi connectivity index (χ0) is 22.8. The molecule has 10 nitrogen and oxygen atoms in total. The lowest BCUT2D eigenvalue weighted by molar-refractivity contribution is -0.385. The fourth-order valence-corrected chi connectivity index (χ4v) is 3.54. The van der Waals surface area contributed by atoms with Gasteiger partial charge in [-0.05, 0) is 42.8 Å². The first-order valence-corrected chi connectivity index (χ1v) is 9.75. The van der Waals surface area contributed by atoms with Gasteiger partial charge in [0.2, 0.25) is 11.8 Å². The molecule has 2 heterocycles.